The molecule has 0 saturated carbocycles. The van der Waals surface area contributed by atoms with E-state index in [4.69, 9.17) is 0 Å². The third kappa shape index (κ3) is 6.15. The van der Waals surface area contributed by atoms with Crippen LogP contribution in [0.1, 0.15) is 48.0 Å². The zero-order chi connectivity index (χ0) is 13.8. The maximum atomic E-state index is 11.3. The summed E-state index contributed by atoms with van der Waals surface area (Å²) in [4.78, 5) is 13.0. The molecule has 0 aromatic heterocycles. The maximum Gasteiger partial charge on any atom is 0.321 e. The van der Waals surface area contributed by atoms with Crippen LogP contribution >= 0.6 is 0 Å². The summed E-state index contributed by atoms with van der Waals surface area (Å²) in [6.45, 7) is 12.8. The molecule has 0 aromatic carbocycles. The third-order valence-electron chi connectivity index (χ3n) is 2.10. The third-order valence-corrected chi connectivity index (χ3v) is 2.10. The summed E-state index contributed by atoms with van der Waals surface area (Å²) < 4.78 is 0. The Balaban J connectivity index is 0. The fourth-order valence-corrected chi connectivity index (χ4v) is 1.34. The number of nitrogens with zero attached hydrogens (tertiary/aromatic N) is 1. The summed E-state index contributed by atoms with van der Waals surface area (Å²) in [5.41, 5.74) is 2.15. The molecule has 0 unspecified atom stereocenters. The fraction of sp³-hybridized carbons (Fsp3) is 0.643. The van der Waals surface area contributed by atoms with Crippen LogP contribution in [-0.4, -0.2) is 24.5 Å². The predicted octanol–water partition coefficient (Wildman–Crippen LogP) is 3.93. The first kappa shape index (κ1) is 18.1. The minimum absolute atomic E-state index is 0.0229. The lowest BCUT2D eigenvalue weighted by Crippen LogP contribution is -2.44. The molecule has 1 saturated heterocycles. The summed E-state index contributed by atoms with van der Waals surface area (Å²) >= 11 is 0. The average molecular weight is 240 g/mol. The number of carbonyl (C=O) groups is 1. The molecular formula is C14H28N2O. The molecular weight excluding hydrogens is 212 g/mol. The van der Waals surface area contributed by atoms with Crippen molar-refractivity contribution in [1.29, 1.82) is 0 Å². The van der Waals surface area contributed by atoms with Crippen LogP contribution in [-0.2, 0) is 0 Å². The van der Waals surface area contributed by atoms with Gasteiger partial charge in [-0.1, -0.05) is 46.8 Å². The number of likely N-dealkylation sites (N-methyl/N-ethyl adjacent to an activating group) is 1. The lowest BCUT2D eigenvalue weighted by atomic mass is 10.1. The summed E-state index contributed by atoms with van der Waals surface area (Å²) in [5.74, 6) is 0. The highest BCUT2D eigenvalue weighted by molar-refractivity contribution is 5.79. The summed E-state index contributed by atoms with van der Waals surface area (Å²) in [7, 11) is 1.79. The van der Waals surface area contributed by atoms with E-state index >= 15 is 0 Å². The molecule has 1 aliphatic heterocycles. The smallest absolute Gasteiger partial charge is 0.321 e. The second-order valence-electron chi connectivity index (χ2n) is 3.13. The highest BCUT2D eigenvalue weighted by Crippen LogP contribution is 2.14. The highest BCUT2D eigenvalue weighted by atomic mass is 16.2. The Bertz CT molecular complexity index is 267. The minimum atomic E-state index is -0.0229. The van der Waals surface area contributed by atoms with Crippen LogP contribution in [0.4, 0.5) is 4.79 Å². The quantitative estimate of drug-likeness (QED) is 0.740. The van der Waals surface area contributed by atoms with Crippen LogP contribution in [0.15, 0.2) is 23.4 Å². The molecule has 0 bridgehead atoms. The van der Waals surface area contributed by atoms with E-state index in [0.717, 1.165) is 12.1 Å². The van der Waals surface area contributed by atoms with Crippen molar-refractivity contribution in [3.8, 4) is 0 Å². The Morgan fingerprint density at radius 1 is 1.29 bits per heavy atom. The molecule has 2 amide bonds. The number of amides is 2. The van der Waals surface area contributed by atoms with Gasteiger partial charge in [0.15, 0.2) is 0 Å². The van der Waals surface area contributed by atoms with E-state index < -0.39 is 0 Å². The number of rotatable bonds is 1. The molecule has 0 aromatic rings. The number of hydrogen-bond donors (Lipinski definition) is 1. The van der Waals surface area contributed by atoms with E-state index in [0.29, 0.717) is 6.54 Å². The van der Waals surface area contributed by atoms with E-state index in [1.54, 1.807) is 11.9 Å². The Morgan fingerprint density at radius 3 is 2.24 bits per heavy atom. The van der Waals surface area contributed by atoms with Gasteiger partial charge >= 0.3 is 6.03 Å². The Hall–Kier alpha value is -1.25. The van der Waals surface area contributed by atoms with E-state index in [2.05, 4.69) is 12.2 Å². The summed E-state index contributed by atoms with van der Waals surface area (Å²) in [6, 6.07) is -0.0229. The van der Waals surface area contributed by atoms with Crippen molar-refractivity contribution >= 4 is 6.03 Å². The minimum Gasteiger partial charge on any atom is -0.323 e. The second-order valence-corrected chi connectivity index (χ2v) is 3.13. The SMILES string of the molecule is C/C=C1/CN(C)C(=O)N/C1=C/CC.CC.CC. The van der Waals surface area contributed by atoms with Crippen molar-refractivity contribution in [2.75, 3.05) is 13.6 Å². The van der Waals surface area contributed by atoms with E-state index in [9.17, 15) is 4.79 Å². The summed E-state index contributed by atoms with van der Waals surface area (Å²) in [5, 5.41) is 2.85. The lowest BCUT2D eigenvalue weighted by molar-refractivity contribution is 0.211. The van der Waals surface area contributed by atoms with Crippen LogP contribution in [0.5, 0.6) is 0 Å². The normalized spacial score (nSPS) is 19.0. The van der Waals surface area contributed by atoms with Crippen LogP contribution < -0.4 is 5.32 Å². The molecule has 3 nitrogen and oxygen atoms in total. The maximum absolute atomic E-state index is 11.3. The van der Waals surface area contributed by atoms with Gasteiger partial charge in [0.2, 0.25) is 0 Å². The predicted molar refractivity (Wildman–Crippen MR) is 76.0 cm³/mol. The molecule has 100 valence electrons. The molecule has 1 fully saturated rings. The van der Waals surface area contributed by atoms with Gasteiger partial charge in [0.25, 0.3) is 0 Å². The van der Waals surface area contributed by atoms with Gasteiger partial charge in [-0.3, -0.25) is 0 Å². The average Bonchev–Trinajstić information content (AvgIpc) is 2.38. The molecule has 0 atom stereocenters. The number of urea groups is 1. The molecule has 1 aliphatic rings. The molecule has 0 aliphatic carbocycles. The highest BCUT2D eigenvalue weighted by Gasteiger charge is 2.20. The Labute approximate surface area is 107 Å². The largest absolute Gasteiger partial charge is 0.323 e. The Kier molecular flexibility index (Phi) is 12.0. The zero-order valence-corrected chi connectivity index (χ0v) is 12.4. The van der Waals surface area contributed by atoms with Crippen molar-refractivity contribution in [3.63, 3.8) is 0 Å². The van der Waals surface area contributed by atoms with Crippen molar-refractivity contribution in [3.05, 3.63) is 23.4 Å². The van der Waals surface area contributed by atoms with E-state index in [1.165, 1.54) is 5.57 Å². The van der Waals surface area contributed by atoms with E-state index in [1.807, 2.05) is 46.8 Å². The van der Waals surface area contributed by atoms with Gasteiger partial charge in [0.05, 0.1) is 0 Å². The van der Waals surface area contributed by atoms with Gasteiger partial charge < -0.3 is 10.2 Å². The molecule has 0 radical (unpaired) electrons. The zero-order valence-electron chi connectivity index (χ0n) is 12.4. The summed E-state index contributed by atoms with van der Waals surface area (Å²) in [6.07, 6.45) is 5.02. The van der Waals surface area contributed by atoms with Gasteiger partial charge in [-0.15, -0.1) is 0 Å². The van der Waals surface area contributed by atoms with Crippen molar-refractivity contribution in [2.45, 2.75) is 48.0 Å². The molecule has 0 spiro atoms. The first-order valence-electron chi connectivity index (χ1n) is 6.56. The standard InChI is InChI=1S/C10H16N2O.2C2H6/c1-4-6-9-8(5-2)7-12(3)10(13)11-9;2*1-2/h5-6H,4,7H2,1-3H3,(H,11,13);2*1-2H3/b8-5-,9-6+;;. The van der Waals surface area contributed by atoms with Gasteiger partial charge in [-0.2, -0.15) is 0 Å². The van der Waals surface area contributed by atoms with Crippen LogP contribution in [0, 0.1) is 0 Å². The molecule has 17 heavy (non-hydrogen) atoms. The molecule has 1 N–H and O–H groups in total. The topological polar surface area (TPSA) is 32.3 Å². The van der Waals surface area contributed by atoms with Crippen molar-refractivity contribution in [2.24, 2.45) is 0 Å². The first-order chi connectivity index (χ1) is 8.19. The lowest BCUT2D eigenvalue weighted by Gasteiger charge is -2.27. The number of allylic oxidation sites excluding steroid dienone is 2. The first-order valence-corrected chi connectivity index (χ1v) is 6.56. The second kappa shape index (κ2) is 11.2. The van der Waals surface area contributed by atoms with Gasteiger partial charge in [-0.05, 0) is 18.9 Å². The van der Waals surface area contributed by atoms with Crippen LogP contribution in [0.3, 0.4) is 0 Å². The Morgan fingerprint density at radius 2 is 1.82 bits per heavy atom. The van der Waals surface area contributed by atoms with Gasteiger partial charge in [0.1, 0.15) is 0 Å². The van der Waals surface area contributed by atoms with Crippen LogP contribution in [0.25, 0.3) is 0 Å². The fourth-order valence-electron chi connectivity index (χ4n) is 1.34. The van der Waals surface area contributed by atoms with Crippen LogP contribution in [0.2, 0.25) is 0 Å². The van der Waals surface area contributed by atoms with Gasteiger partial charge in [0, 0.05) is 19.3 Å². The van der Waals surface area contributed by atoms with Crippen molar-refractivity contribution < 1.29 is 4.79 Å². The molecule has 3 heteroatoms. The van der Waals surface area contributed by atoms with Gasteiger partial charge in [-0.25, -0.2) is 4.79 Å². The van der Waals surface area contributed by atoms with E-state index in [-0.39, 0.29) is 6.03 Å². The number of carbonyl (C=O) groups excluding carboxylic acids is 1. The molecule has 1 heterocycles. The number of nitrogens with one attached hydrogen (secondary N) is 1. The molecule has 1 rings (SSSR count). The van der Waals surface area contributed by atoms with Crippen molar-refractivity contribution in [1.82, 2.24) is 10.2 Å². The number of hydrogen-bond acceptors (Lipinski definition) is 1. The monoisotopic (exact) mass is 240 g/mol.